The molecule has 150 valence electrons. The molecule has 0 aliphatic carbocycles. The number of guanidine groups is 1. The molecule has 1 saturated heterocycles. The van der Waals surface area contributed by atoms with Gasteiger partial charge in [0.25, 0.3) is 0 Å². The molecule has 8 heteroatoms. The smallest absolute Gasteiger partial charge is 0.308 e. The maximum Gasteiger partial charge on any atom is 0.308 e. The molecule has 1 aromatic rings. The average molecular weight is 379 g/mol. The number of likely N-dealkylation sites (tertiary alicyclic amines) is 1. The molecular formula is C19H29N3O5. The summed E-state index contributed by atoms with van der Waals surface area (Å²) in [5.74, 6) is 2.59. The molecule has 0 atom stereocenters. The number of rotatable bonds is 6. The largest absolute Gasteiger partial charge is 0.496 e. The van der Waals surface area contributed by atoms with E-state index in [0.29, 0.717) is 23.8 Å². The predicted molar refractivity (Wildman–Crippen MR) is 103 cm³/mol. The molecule has 0 spiro atoms. The van der Waals surface area contributed by atoms with Gasteiger partial charge in [0.15, 0.2) is 17.5 Å². The summed E-state index contributed by atoms with van der Waals surface area (Å²) < 4.78 is 21.0. The van der Waals surface area contributed by atoms with Gasteiger partial charge in [0.05, 0.1) is 34.4 Å². The van der Waals surface area contributed by atoms with Crippen LogP contribution in [0.2, 0.25) is 0 Å². The molecule has 1 fully saturated rings. The Balaban J connectivity index is 2.03. The van der Waals surface area contributed by atoms with Crippen molar-refractivity contribution in [3.63, 3.8) is 0 Å². The fraction of sp³-hybridized carbons (Fsp3) is 0.579. The van der Waals surface area contributed by atoms with Crippen LogP contribution in [-0.2, 0) is 16.1 Å². The van der Waals surface area contributed by atoms with Gasteiger partial charge in [0, 0.05) is 38.3 Å². The molecule has 0 saturated carbocycles. The minimum Gasteiger partial charge on any atom is -0.496 e. The molecular weight excluding hydrogens is 350 g/mol. The number of esters is 1. The van der Waals surface area contributed by atoms with Crippen molar-refractivity contribution in [3.05, 3.63) is 17.7 Å². The van der Waals surface area contributed by atoms with Crippen LogP contribution in [0.15, 0.2) is 17.1 Å². The highest BCUT2D eigenvalue weighted by Gasteiger charge is 2.27. The number of piperidine rings is 1. The van der Waals surface area contributed by atoms with Crippen LogP contribution in [0.3, 0.4) is 0 Å². The topological polar surface area (TPSA) is 81.6 Å². The molecule has 0 radical (unpaired) electrons. The van der Waals surface area contributed by atoms with Gasteiger partial charge in [-0.2, -0.15) is 0 Å². The predicted octanol–water partition coefficient (Wildman–Crippen LogP) is 1.67. The summed E-state index contributed by atoms with van der Waals surface area (Å²) in [5, 5.41) is 3.36. The van der Waals surface area contributed by atoms with E-state index < -0.39 is 0 Å². The van der Waals surface area contributed by atoms with Gasteiger partial charge in [-0.1, -0.05) is 0 Å². The molecule has 2 rings (SSSR count). The van der Waals surface area contributed by atoms with Crippen LogP contribution in [0.1, 0.15) is 18.4 Å². The van der Waals surface area contributed by atoms with Crippen LogP contribution < -0.4 is 19.5 Å². The van der Waals surface area contributed by atoms with Gasteiger partial charge in [0.2, 0.25) is 0 Å². The Morgan fingerprint density at radius 2 is 1.67 bits per heavy atom. The molecule has 1 heterocycles. The molecule has 0 amide bonds. The fourth-order valence-corrected chi connectivity index (χ4v) is 3.23. The molecule has 8 nitrogen and oxygen atoms in total. The summed E-state index contributed by atoms with van der Waals surface area (Å²) in [7, 11) is 8.00. The molecule has 0 bridgehead atoms. The van der Waals surface area contributed by atoms with E-state index in [9.17, 15) is 4.79 Å². The molecule has 1 aliphatic rings. The zero-order valence-corrected chi connectivity index (χ0v) is 16.7. The maximum absolute atomic E-state index is 11.7. The number of hydrogen-bond acceptors (Lipinski definition) is 6. The second-order valence-electron chi connectivity index (χ2n) is 6.20. The first kappa shape index (κ1) is 20.7. The van der Waals surface area contributed by atoms with Crippen LogP contribution in [0, 0.1) is 5.92 Å². The average Bonchev–Trinajstić information content (AvgIpc) is 2.73. The van der Waals surface area contributed by atoms with Gasteiger partial charge in [-0.15, -0.1) is 0 Å². The zero-order chi connectivity index (χ0) is 19.8. The third-order valence-corrected chi connectivity index (χ3v) is 4.76. The zero-order valence-electron chi connectivity index (χ0n) is 16.7. The summed E-state index contributed by atoms with van der Waals surface area (Å²) in [6.07, 6.45) is 1.51. The second-order valence-corrected chi connectivity index (χ2v) is 6.20. The number of aliphatic imine (C=N–C) groups is 1. The molecule has 1 aromatic carbocycles. The number of nitrogens with one attached hydrogen (secondary N) is 1. The Labute approximate surface area is 160 Å². The van der Waals surface area contributed by atoms with Gasteiger partial charge in [-0.25, -0.2) is 0 Å². The van der Waals surface area contributed by atoms with E-state index in [1.807, 2.05) is 6.07 Å². The molecule has 1 aliphatic heterocycles. The monoisotopic (exact) mass is 379 g/mol. The number of benzene rings is 1. The number of carbonyl (C=O) groups is 1. The van der Waals surface area contributed by atoms with Crippen molar-refractivity contribution < 1.29 is 23.7 Å². The third-order valence-electron chi connectivity index (χ3n) is 4.76. The number of ether oxygens (including phenoxy) is 4. The number of hydrogen-bond donors (Lipinski definition) is 1. The third kappa shape index (κ3) is 4.96. The van der Waals surface area contributed by atoms with Gasteiger partial charge in [-0.05, 0) is 18.9 Å². The molecule has 0 aromatic heterocycles. The first-order valence-electron chi connectivity index (χ1n) is 8.90. The summed E-state index contributed by atoms with van der Waals surface area (Å²) in [6, 6.07) is 3.70. The lowest BCUT2D eigenvalue weighted by Crippen LogP contribution is -2.46. The van der Waals surface area contributed by atoms with Gasteiger partial charge in [-0.3, -0.25) is 9.79 Å². The normalized spacial score (nSPS) is 15.3. The first-order valence-corrected chi connectivity index (χ1v) is 8.90. The van der Waals surface area contributed by atoms with Crippen LogP contribution >= 0.6 is 0 Å². The van der Waals surface area contributed by atoms with Crippen molar-refractivity contribution in [3.8, 4) is 17.2 Å². The van der Waals surface area contributed by atoms with E-state index in [1.54, 1.807) is 34.4 Å². The van der Waals surface area contributed by atoms with Crippen LogP contribution in [0.5, 0.6) is 17.2 Å². The van der Waals surface area contributed by atoms with E-state index in [4.69, 9.17) is 18.9 Å². The number of nitrogens with zero attached hydrogens (tertiary/aromatic N) is 2. The summed E-state index contributed by atoms with van der Waals surface area (Å²) in [5.41, 5.74) is 0.931. The Morgan fingerprint density at radius 3 is 2.19 bits per heavy atom. The Morgan fingerprint density at radius 1 is 1.07 bits per heavy atom. The van der Waals surface area contributed by atoms with Gasteiger partial charge < -0.3 is 29.2 Å². The highest BCUT2D eigenvalue weighted by molar-refractivity contribution is 5.80. The lowest BCUT2D eigenvalue weighted by atomic mass is 9.97. The fourth-order valence-electron chi connectivity index (χ4n) is 3.23. The van der Waals surface area contributed by atoms with Crippen LogP contribution in [0.25, 0.3) is 0 Å². The minimum atomic E-state index is -0.132. The molecule has 0 unspecified atom stereocenters. The van der Waals surface area contributed by atoms with E-state index in [1.165, 1.54) is 7.11 Å². The second kappa shape index (κ2) is 9.89. The quantitative estimate of drug-likeness (QED) is 0.457. The van der Waals surface area contributed by atoms with Crippen molar-refractivity contribution >= 4 is 11.9 Å². The summed E-state index contributed by atoms with van der Waals surface area (Å²) >= 11 is 0. The highest BCUT2D eigenvalue weighted by atomic mass is 16.5. The maximum atomic E-state index is 11.7. The van der Waals surface area contributed by atoms with E-state index in [-0.39, 0.29) is 11.9 Å². The SMILES string of the molecule is CN=C(NCc1cc(OC)c(OC)cc1OC)N1CCC(C(=O)OC)CC1. The Hall–Kier alpha value is -2.64. The van der Waals surface area contributed by atoms with Crippen molar-refractivity contribution in [2.75, 3.05) is 48.6 Å². The Kier molecular flexibility index (Phi) is 7.57. The highest BCUT2D eigenvalue weighted by Crippen LogP contribution is 2.34. The molecule has 27 heavy (non-hydrogen) atoms. The summed E-state index contributed by atoms with van der Waals surface area (Å²) in [4.78, 5) is 18.2. The molecule has 1 N–H and O–H groups in total. The minimum absolute atomic E-state index is 0.0321. The van der Waals surface area contributed by atoms with Crippen LogP contribution in [0.4, 0.5) is 0 Å². The van der Waals surface area contributed by atoms with Gasteiger partial charge >= 0.3 is 5.97 Å². The lowest BCUT2D eigenvalue weighted by Gasteiger charge is -2.33. The van der Waals surface area contributed by atoms with E-state index >= 15 is 0 Å². The Bertz CT molecular complexity index is 670. The number of methoxy groups -OCH3 is 4. The van der Waals surface area contributed by atoms with E-state index in [2.05, 4.69) is 15.2 Å². The van der Waals surface area contributed by atoms with Crippen molar-refractivity contribution in [1.29, 1.82) is 0 Å². The van der Waals surface area contributed by atoms with Crippen molar-refractivity contribution in [2.24, 2.45) is 10.9 Å². The van der Waals surface area contributed by atoms with Gasteiger partial charge in [0.1, 0.15) is 5.75 Å². The number of carbonyl (C=O) groups excluding carboxylic acids is 1. The lowest BCUT2D eigenvalue weighted by molar-refractivity contribution is -0.146. The first-order chi connectivity index (χ1) is 13.1. The van der Waals surface area contributed by atoms with Crippen molar-refractivity contribution in [1.82, 2.24) is 10.2 Å². The van der Waals surface area contributed by atoms with Crippen LogP contribution in [-0.4, -0.2) is 65.4 Å². The summed E-state index contributed by atoms with van der Waals surface area (Å²) in [6.45, 7) is 2.03. The van der Waals surface area contributed by atoms with Crippen molar-refractivity contribution in [2.45, 2.75) is 19.4 Å². The standard InChI is InChI=1S/C19H29N3O5/c1-20-19(22-8-6-13(7-9-22)18(23)27-5)21-12-14-10-16(25-3)17(26-4)11-15(14)24-2/h10-11,13H,6-9,12H2,1-5H3,(H,20,21). The van der Waals surface area contributed by atoms with E-state index in [0.717, 1.165) is 37.5 Å².